The number of imidazole rings is 1. The van der Waals surface area contributed by atoms with E-state index in [2.05, 4.69) is 45.6 Å². The molecule has 9 heteroatoms. The Morgan fingerprint density at radius 1 is 0.971 bits per heavy atom. The zero-order valence-electron chi connectivity index (χ0n) is 18.9. The Hall–Kier alpha value is -2.78. The third-order valence-electron chi connectivity index (χ3n) is 6.22. The SMILES string of the molecule is CCc1ccc(-n2c(CN3CCN(S(=O)(=O)c4cccc(Cl)c4)CC3)nc3cccnc32)cc1. The summed E-state index contributed by atoms with van der Waals surface area (Å²) in [6, 6.07) is 18.8. The van der Waals surface area contributed by atoms with E-state index in [-0.39, 0.29) is 4.90 Å². The van der Waals surface area contributed by atoms with Crippen LogP contribution < -0.4 is 0 Å². The van der Waals surface area contributed by atoms with E-state index in [1.54, 1.807) is 24.4 Å². The number of rotatable bonds is 6. The van der Waals surface area contributed by atoms with Crippen LogP contribution in [0.3, 0.4) is 0 Å². The van der Waals surface area contributed by atoms with E-state index < -0.39 is 10.0 Å². The smallest absolute Gasteiger partial charge is 0.243 e. The molecule has 0 bridgehead atoms. The molecule has 7 nitrogen and oxygen atoms in total. The second kappa shape index (κ2) is 9.46. The van der Waals surface area contributed by atoms with Crippen molar-refractivity contribution in [2.24, 2.45) is 0 Å². The predicted molar refractivity (Wildman–Crippen MR) is 134 cm³/mol. The number of sulfonamides is 1. The van der Waals surface area contributed by atoms with Gasteiger partial charge in [-0.15, -0.1) is 0 Å². The lowest BCUT2D eigenvalue weighted by Crippen LogP contribution is -2.48. The van der Waals surface area contributed by atoms with Crippen molar-refractivity contribution >= 4 is 32.8 Å². The molecule has 2 aromatic heterocycles. The van der Waals surface area contributed by atoms with E-state index in [9.17, 15) is 8.42 Å². The molecule has 5 rings (SSSR count). The summed E-state index contributed by atoms with van der Waals surface area (Å²) < 4.78 is 29.7. The largest absolute Gasteiger partial charge is 0.293 e. The average Bonchev–Trinajstić information content (AvgIpc) is 3.22. The molecule has 0 saturated carbocycles. The van der Waals surface area contributed by atoms with E-state index in [1.165, 1.54) is 15.9 Å². The number of benzene rings is 2. The summed E-state index contributed by atoms with van der Waals surface area (Å²) in [6.07, 6.45) is 2.77. The van der Waals surface area contributed by atoms with Crippen LogP contribution in [0.25, 0.3) is 16.9 Å². The minimum Gasteiger partial charge on any atom is -0.293 e. The predicted octanol–water partition coefficient (Wildman–Crippen LogP) is 4.14. The van der Waals surface area contributed by atoms with Crippen molar-refractivity contribution in [1.82, 2.24) is 23.7 Å². The van der Waals surface area contributed by atoms with Gasteiger partial charge in [0.05, 0.1) is 11.4 Å². The molecule has 1 aliphatic heterocycles. The van der Waals surface area contributed by atoms with Gasteiger partial charge in [-0.1, -0.05) is 36.7 Å². The molecular formula is C25H26ClN5O2S. The Kier molecular flexibility index (Phi) is 6.40. The maximum absolute atomic E-state index is 13.0. The lowest BCUT2D eigenvalue weighted by Gasteiger charge is -2.33. The summed E-state index contributed by atoms with van der Waals surface area (Å²) >= 11 is 6.01. The fourth-order valence-electron chi connectivity index (χ4n) is 4.32. The number of pyridine rings is 1. The molecule has 0 N–H and O–H groups in total. The van der Waals surface area contributed by atoms with Gasteiger partial charge in [0.25, 0.3) is 0 Å². The molecule has 0 aliphatic carbocycles. The topological polar surface area (TPSA) is 71.3 Å². The van der Waals surface area contributed by atoms with Gasteiger partial charge in [0.1, 0.15) is 11.3 Å². The van der Waals surface area contributed by atoms with Crippen LogP contribution in [0.1, 0.15) is 18.3 Å². The minimum atomic E-state index is -3.57. The lowest BCUT2D eigenvalue weighted by atomic mass is 10.1. The highest BCUT2D eigenvalue weighted by Crippen LogP contribution is 2.24. The molecule has 3 heterocycles. The number of nitrogens with zero attached hydrogens (tertiary/aromatic N) is 5. The van der Waals surface area contributed by atoms with Crippen LogP contribution >= 0.6 is 11.6 Å². The third kappa shape index (κ3) is 4.46. The molecule has 0 spiro atoms. The summed E-state index contributed by atoms with van der Waals surface area (Å²) in [5.74, 6) is 0.893. The highest BCUT2D eigenvalue weighted by atomic mass is 35.5. The number of aromatic nitrogens is 3. The maximum atomic E-state index is 13.0. The van der Waals surface area contributed by atoms with Crippen LogP contribution in [0, 0.1) is 0 Å². The van der Waals surface area contributed by atoms with Crippen molar-refractivity contribution in [3.05, 3.63) is 83.3 Å². The first kappa shape index (κ1) is 23.0. The summed E-state index contributed by atoms with van der Waals surface area (Å²) in [7, 11) is -3.57. The van der Waals surface area contributed by atoms with E-state index in [0.29, 0.717) is 37.7 Å². The van der Waals surface area contributed by atoms with Gasteiger partial charge in [0, 0.05) is 43.1 Å². The fraction of sp³-hybridized carbons (Fsp3) is 0.280. The molecule has 176 valence electrons. The molecule has 0 radical (unpaired) electrons. The fourth-order valence-corrected chi connectivity index (χ4v) is 6.05. The van der Waals surface area contributed by atoms with Crippen molar-refractivity contribution in [2.75, 3.05) is 26.2 Å². The van der Waals surface area contributed by atoms with Crippen molar-refractivity contribution < 1.29 is 8.42 Å². The maximum Gasteiger partial charge on any atom is 0.243 e. The Balaban J connectivity index is 1.36. The number of aryl methyl sites for hydroxylation is 1. The molecule has 0 atom stereocenters. The minimum absolute atomic E-state index is 0.233. The first-order valence-corrected chi connectivity index (χ1v) is 13.2. The second-order valence-corrected chi connectivity index (χ2v) is 10.7. The number of fused-ring (bicyclic) bond motifs is 1. The van der Waals surface area contributed by atoms with Gasteiger partial charge in [0.2, 0.25) is 10.0 Å². The quantitative estimate of drug-likeness (QED) is 0.402. The average molecular weight is 496 g/mol. The molecule has 34 heavy (non-hydrogen) atoms. The zero-order chi connectivity index (χ0) is 23.7. The number of piperazine rings is 1. The first-order chi connectivity index (χ1) is 16.5. The van der Waals surface area contributed by atoms with Gasteiger partial charge in [-0.3, -0.25) is 9.47 Å². The molecular weight excluding hydrogens is 470 g/mol. The number of hydrogen-bond donors (Lipinski definition) is 0. The molecule has 1 saturated heterocycles. The van der Waals surface area contributed by atoms with Crippen LogP contribution in [0.5, 0.6) is 0 Å². The second-order valence-electron chi connectivity index (χ2n) is 8.37. The Morgan fingerprint density at radius 2 is 1.74 bits per heavy atom. The molecule has 4 aromatic rings. The Labute approximate surface area is 204 Å². The standard InChI is InChI=1S/C25H26ClN5O2S/c1-2-19-8-10-21(11-9-19)31-24(28-23-7-4-12-27-25(23)31)18-29-13-15-30(16-14-29)34(32,33)22-6-3-5-20(26)17-22/h3-12,17H,2,13-16,18H2,1H3. The van der Waals surface area contributed by atoms with Crippen LogP contribution in [0.15, 0.2) is 71.8 Å². The number of halogens is 1. The Morgan fingerprint density at radius 3 is 2.44 bits per heavy atom. The summed E-state index contributed by atoms with van der Waals surface area (Å²) in [5.41, 5.74) is 3.97. The van der Waals surface area contributed by atoms with Crippen molar-refractivity contribution in [2.45, 2.75) is 24.8 Å². The Bertz CT molecular complexity index is 1410. The number of hydrogen-bond acceptors (Lipinski definition) is 5. The molecule has 0 unspecified atom stereocenters. The van der Waals surface area contributed by atoms with E-state index >= 15 is 0 Å². The van der Waals surface area contributed by atoms with E-state index in [4.69, 9.17) is 16.6 Å². The van der Waals surface area contributed by atoms with Gasteiger partial charge in [0.15, 0.2) is 5.65 Å². The van der Waals surface area contributed by atoms with Crippen molar-refractivity contribution in [1.29, 1.82) is 0 Å². The van der Waals surface area contributed by atoms with Crippen molar-refractivity contribution in [3.8, 4) is 5.69 Å². The zero-order valence-corrected chi connectivity index (χ0v) is 20.5. The van der Waals surface area contributed by atoms with Crippen LogP contribution in [0.4, 0.5) is 0 Å². The van der Waals surface area contributed by atoms with Gasteiger partial charge in [-0.05, 0) is 54.4 Å². The molecule has 1 fully saturated rings. The van der Waals surface area contributed by atoms with Crippen LogP contribution in [0.2, 0.25) is 5.02 Å². The van der Waals surface area contributed by atoms with E-state index in [0.717, 1.165) is 29.1 Å². The third-order valence-corrected chi connectivity index (χ3v) is 8.35. The summed E-state index contributed by atoms with van der Waals surface area (Å²) in [5, 5.41) is 0.416. The molecule has 0 amide bonds. The van der Waals surface area contributed by atoms with Crippen LogP contribution in [-0.2, 0) is 23.0 Å². The highest BCUT2D eigenvalue weighted by Gasteiger charge is 2.29. The summed E-state index contributed by atoms with van der Waals surface area (Å²) in [6.45, 7) is 4.81. The van der Waals surface area contributed by atoms with Gasteiger partial charge in [-0.2, -0.15) is 4.31 Å². The van der Waals surface area contributed by atoms with E-state index in [1.807, 2.05) is 12.1 Å². The normalized spacial score (nSPS) is 15.7. The van der Waals surface area contributed by atoms with Gasteiger partial charge < -0.3 is 0 Å². The monoisotopic (exact) mass is 495 g/mol. The first-order valence-electron chi connectivity index (χ1n) is 11.4. The van der Waals surface area contributed by atoms with Gasteiger partial charge >= 0.3 is 0 Å². The van der Waals surface area contributed by atoms with Crippen molar-refractivity contribution in [3.63, 3.8) is 0 Å². The summed E-state index contributed by atoms with van der Waals surface area (Å²) in [4.78, 5) is 11.9. The lowest BCUT2D eigenvalue weighted by molar-refractivity contribution is 0.177. The van der Waals surface area contributed by atoms with Crippen LogP contribution in [-0.4, -0.2) is 58.3 Å². The molecule has 1 aliphatic rings. The highest BCUT2D eigenvalue weighted by molar-refractivity contribution is 7.89. The van der Waals surface area contributed by atoms with Gasteiger partial charge in [-0.25, -0.2) is 18.4 Å². The molecule has 2 aromatic carbocycles.